The van der Waals surface area contributed by atoms with Crippen LogP contribution in [0.25, 0.3) is 0 Å². The topological polar surface area (TPSA) is 12.0 Å². The summed E-state index contributed by atoms with van der Waals surface area (Å²) in [5.74, 6) is 2.36. The van der Waals surface area contributed by atoms with Gasteiger partial charge in [-0.1, -0.05) is 41.5 Å². The molecule has 0 amide bonds. The fourth-order valence-electron chi connectivity index (χ4n) is 1.72. The molecule has 0 aromatic heterocycles. The van der Waals surface area contributed by atoms with Gasteiger partial charge in [0.2, 0.25) is 0 Å². The average Bonchev–Trinajstić information content (AvgIpc) is 2.01. The van der Waals surface area contributed by atoms with Gasteiger partial charge in [0, 0.05) is 6.04 Å². The normalized spacial score (nSPS) is 16.6. The zero-order valence-corrected chi connectivity index (χ0v) is 10.2. The molecule has 0 radical (unpaired) electrons. The third kappa shape index (κ3) is 5.30. The van der Waals surface area contributed by atoms with Crippen LogP contribution >= 0.6 is 0 Å². The second-order valence-corrected chi connectivity index (χ2v) is 4.90. The fourth-order valence-corrected chi connectivity index (χ4v) is 1.72. The lowest BCUT2D eigenvalue weighted by Crippen LogP contribution is -2.38. The molecular weight excluding hydrogens is 158 g/mol. The molecule has 2 atom stereocenters. The highest BCUT2D eigenvalue weighted by atomic mass is 14.9. The molecule has 1 N–H and O–H groups in total. The summed E-state index contributed by atoms with van der Waals surface area (Å²) in [7, 11) is 0. The third-order valence-corrected chi connectivity index (χ3v) is 2.88. The van der Waals surface area contributed by atoms with Crippen molar-refractivity contribution in [1.29, 1.82) is 0 Å². The summed E-state index contributed by atoms with van der Waals surface area (Å²) in [6, 6.07) is 0.699. The minimum atomic E-state index is 0.699. The lowest BCUT2D eigenvalue weighted by Gasteiger charge is -2.29. The first-order valence-electron chi connectivity index (χ1n) is 5.72. The second-order valence-electron chi connectivity index (χ2n) is 4.90. The van der Waals surface area contributed by atoms with Crippen LogP contribution in [0.5, 0.6) is 0 Å². The molecule has 0 saturated carbocycles. The van der Waals surface area contributed by atoms with E-state index < -0.39 is 0 Å². The number of rotatable bonds is 6. The standard InChI is InChI=1S/C12H27N/c1-7-13-12(8-9(2)3)11(6)10(4)5/h9-13H,7-8H2,1-6H3. The van der Waals surface area contributed by atoms with Gasteiger partial charge in [-0.05, 0) is 30.7 Å². The van der Waals surface area contributed by atoms with Crippen LogP contribution in [0.4, 0.5) is 0 Å². The molecule has 0 saturated heterocycles. The van der Waals surface area contributed by atoms with Gasteiger partial charge in [0.15, 0.2) is 0 Å². The summed E-state index contributed by atoms with van der Waals surface area (Å²) in [6.45, 7) is 14.9. The summed E-state index contributed by atoms with van der Waals surface area (Å²) in [5.41, 5.74) is 0. The predicted octanol–water partition coefficient (Wildman–Crippen LogP) is 3.30. The quantitative estimate of drug-likeness (QED) is 0.669. The van der Waals surface area contributed by atoms with Gasteiger partial charge in [-0.2, -0.15) is 0 Å². The van der Waals surface area contributed by atoms with Gasteiger partial charge in [-0.25, -0.2) is 0 Å². The van der Waals surface area contributed by atoms with E-state index in [9.17, 15) is 0 Å². The molecule has 0 aromatic carbocycles. The molecule has 1 nitrogen and oxygen atoms in total. The van der Waals surface area contributed by atoms with Gasteiger partial charge >= 0.3 is 0 Å². The van der Waals surface area contributed by atoms with Crippen molar-refractivity contribution in [2.45, 2.75) is 54.0 Å². The largest absolute Gasteiger partial charge is 0.314 e. The van der Waals surface area contributed by atoms with Crippen LogP contribution < -0.4 is 5.32 Å². The molecule has 0 aliphatic heterocycles. The van der Waals surface area contributed by atoms with Gasteiger partial charge in [-0.3, -0.25) is 0 Å². The van der Waals surface area contributed by atoms with Crippen molar-refractivity contribution in [2.75, 3.05) is 6.54 Å². The number of hydrogen-bond donors (Lipinski definition) is 1. The van der Waals surface area contributed by atoms with Gasteiger partial charge in [0.05, 0.1) is 0 Å². The Balaban J connectivity index is 4.06. The molecule has 0 rings (SSSR count). The number of hydrogen-bond acceptors (Lipinski definition) is 1. The molecule has 0 heterocycles. The Hall–Kier alpha value is -0.0400. The highest BCUT2D eigenvalue weighted by molar-refractivity contribution is 4.76. The van der Waals surface area contributed by atoms with Crippen molar-refractivity contribution in [3.8, 4) is 0 Å². The van der Waals surface area contributed by atoms with Gasteiger partial charge < -0.3 is 5.32 Å². The van der Waals surface area contributed by atoms with Crippen LogP contribution in [0.2, 0.25) is 0 Å². The van der Waals surface area contributed by atoms with Crippen molar-refractivity contribution >= 4 is 0 Å². The van der Waals surface area contributed by atoms with E-state index in [2.05, 4.69) is 46.9 Å². The summed E-state index contributed by atoms with van der Waals surface area (Å²) in [6.07, 6.45) is 1.30. The van der Waals surface area contributed by atoms with E-state index in [1.54, 1.807) is 0 Å². The predicted molar refractivity (Wildman–Crippen MR) is 60.9 cm³/mol. The monoisotopic (exact) mass is 185 g/mol. The van der Waals surface area contributed by atoms with Crippen molar-refractivity contribution in [1.82, 2.24) is 5.32 Å². The van der Waals surface area contributed by atoms with Crippen molar-refractivity contribution in [2.24, 2.45) is 17.8 Å². The number of nitrogens with one attached hydrogen (secondary N) is 1. The van der Waals surface area contributed by atoms with Gasteiger partial charge in [-0.15, -0.1) is 0 Å². The molecule has 0 spiro atoms. The highest BCUT2D eigenvalue weighted by Crippen LogP contribution is 2.19. The summed E-state index contributed by atoms with van der Waals surface area (Å²) in [5, 5.41) is 3.60. The summed E-state index contributed by atoms with van der Waals surface area (Å²) in [4.78, 5) is 0. The fraction of sp³-hybridized carbons (Fsp3) is 1.00. The lowest BCUT2D eigenvalue weighted by molar-refractivity contribution is 0.267. The molecular formula is C12H27N. The summed E-state index contributed by atoms with van der Waals surface area (Å²) >= 11 is 0. The van der Waals surface area contributed by atoms with Crippen LogP contribution in [-0.4, -0.2) is 12.6 Å². The second kappa shape index (κ2) is 6.42. The maximum absolute atomic E-state index is 3.60. The zero-order chi connectivity index (χ0) is 10.4. The Kier molecular flexibility index (Phi) is 6.40. The van der Waals surface area contributed by atoms with E-state index in [1.165, 1.54) is 6.42 Å². The maximum Gasteiger partial charge on any atom is 0.00974 e. The van der Waals surface area contributed by atoms with E-state index >= 15 is 0 Å². The van der Waals surface area contributed by atoms with Crippen LogP contribution in [-0.2, 0) is 0 Å². The van der Waals surface area contributed by atoms with Crippen LogP contribution in [0.1, 0.15) is 48.0 Å². The van der Waals surface area contributed by atoms with Crippen molar-refractivity contribution in [3.05, 3.63) is 0 Å². The van der Waals surface area contributed by atoms with E-state index in [0.29, 0.717) is 6.04 Å². The Labute approximate surface area is 84.3 Å². The average molecular weight is 185 g/mol. The molecule has 1 heteroatoms. The van der Waals surface area contributed by atoms with Gasteiger partial charge in [0.25, 0.3) is 0 Å². The molecule has 2 unspecified atom stereocenters. The minimum Gasteiger partial charge on any atom is -0.314 e. The smallest absolute Gasteiger partial charge is 0.00974 e. The Morgan fingerprint density at radius 2 is 1.54 bits per heavy atom. The molecule has 0 aromatic rings. The Morgan fingerprint density at radius 1 is 1.00 bits per heavy atom. The first-order valence-corrected chi connectivity index (χ1v) is 5.72. The zero-order valence-electron chi connectivity index (χ0n) is 10.2. The maximum atomic E-state index is 3.60. The first kappa shape index (κ1) is 13.0. The first-order chi connectivity index (χ1) is 5.99. The van der Waals surface area contributed by atoms with Crippen LogP contribution in [0, 0.1) is 17.8 Å². The molecule has 13 heavy (non-hydrogen) atoms. The summed E-state index contributed by atoms with van der Waals surface area (Å²) < 4.78 is 0. The molecule has 0 aliphatic rings. The molecule has 80 valence electrons. The van der Waals surface area contributed by atoms with Crippen LogP contribution in [0.3, 0.4) is 0 Å². The Morgan fingerprint density at radius 3 is 1.85 bits per heavy atom. The van der Waals surface area contributed by atoms with Crippen molar-refractivity contribution < 1.29 is 0 Å². The van der Waals surface area contributed by atoms with Gasteiger partial charge in [0.1, 0.15) is 0 Å². The highest BCUT2D eigenvalue weighted by Gasteiger charge is 2.19. The van der Waals surface area contributed by atoms with Crippen LogP contribution in [0.15, 0.2) is 0 Å². The molecule has 0 aliphatic carbocycles. The molecule has 0 fully saturated rings. The van der Waals surface area contributed by atoms with E-state index in [4.69, 9.17) is 0 Å². The lowest BCUT2D eigenvalue weighted by atomic mass is 9.85. The SMILES string of the molecule is CCNC(CC(C)C)C(C)C(C)C. The minimum absolute atomic E-state index is 0.699. The Bertz CT molecular complexity index is 118. The van der Waals surface area contributed by atoms with E-state index in [1.807, 2.05) is 0 Å². The molecule has 0 bridgehead atoms. The van der Waals surface area contributed by atoms with E-state index in [0.717, 1.165) is 24.3 Å². The third-order valence-electron chi connectivity index (χ3n) is 2.88. The van der Waals surface area contributed by atoms with E-state index in [-0.39, 0.29) is 0 Å². The van der Waals surface area contributed by atoms with Crippen molar-refractivity contribution in [3.63, 3.8) is 0 Å².